The molecule has 1 heterocycles. The first-order chi connectivity index (χ1) is 8.06. The lowest BCUT2D eigenvalue weighted by molar-refractivity contribution is -0.146. The van der Waals surface area contributed by atoms with Crippen LogP contribution in [0.3, 0.4) is 0 Å². The summed E-state index contributed by atoms with van der Waals surface area (Å²) < 4.78 is 5.27. The Bertz CT molecular complexity index is 277. The molecule has 1 saturated heterocycles. The average Bonchev–Trinajstić information content (AvgIpc) is 2.35. The van der Waals surface area contributed by atoms with Gasteiger partial charge in [0.05, 0.1) is 6.61 Å². The number of amides is 1. The van der Waals surface area contributed by atoms with Gasteiger partial charge in [0.1, 0.15) is 12.1 Å². The van der Waals surface area contributed by atoms with Crippen LogP contribution in [0.25, 0.3) is 0 Å². The minimum atomic E-state index is -1.00. The Hall–Kier alpha value is -1.14. The van der Waals surface area contributed by atoms with Gasteiger partial charge in [-0.05, 0) is 5.92 Å². The lowest BCUT2D eigenvalue weighted by atomic mass is 9.99. The van der Waals surface area contributed by atoms with Crippen molar-refractivity contribution in [2.45, 2.75) is 32.4 Å². The third kappa shape index (κ3) is 3.98. The van der Waals surface area contributed by atoms with Gasteiger partial charge in [-0.3, -0.25) is 4.79 Å². The van der Waals surface area contributed by atoms with Crippen LogP contribution in [-0.4, -0.2) is 48.8 Å². The van der Waals surface area contributed by atoms with Crippen molar-refractivity contribution in [3.05, 3.63) is 0 Å². The molecule has 0 aromatic heterocycles. The van der Waals surface area contributed by atoms with E-state index in [1.807, 2.05) is 6.92 Å². The van der Waals surface area contributed by atoms with Crippen LogP contribution < -0.4 is 10.6 Å². The van der Waals surface area contributed by atoms with Gasteiger partial charge in [0, 0.05) is 13.1 Å². The number of nitrogens with one attached hydrogen (secondary N) is 2. The molecule has 98 valence electrons. The first kappa shape index (κ1) is 13.9. The zero-order valence-electron chi connectivity index (χ0n) is 10.2. The quantitative estimate of drug-likeness (QED) is 0.612. The number of aliphatic carboxylic acids is 1. The Morgan fingerprint density at radius 3 is 2.76 bits per heavy atom. The first-order valence-corrected chi connectivity index (χ1v) is 5.91. The molecular weight excluding hydrogens is 224 g/mol. The van der Waals surface area contributed by atoms with Gasteiger partial charge in [0.25, 0.3) is 5.91 Å². The Kier molecular flexibility index (Phi) is 5.37. The summed E-state index contributed by atoms with van der Waals surface area (Å²) in [6.45, 7) is 5.32. The van der Waals surface area contributed by atoms with Crippen molar-refractivity contribution in [2.24, 2.45) is 5.92 Å². The number of ether oxygens (including phenoxy) is 1. The van der Waals surface area contributed by atoms with Crippen molar-refractivity contribution in [2.75, 3.05) is 19.7 Å². The van der Waals surface area contributed by atoms with Crippen molar-refractivity contribution < 1.29 is 19.4 Å². The van der Waals surface area contributed by atoms with E-state index in [0.29, 0.717) is 19.6 Å². The van der Waals surface area contributed by atoms with Crippen molar-refractivity contribution in [1.29, 1.82) is 0 Å². The molecule has 0 saturated carbocycles. The minimum absolute atomic E-state index is 0.104. The molecule has 6 nitrogen and oxygen atoms in total. The Morgan fingerprint density at radius 1 is 1.59 bits per heavy atom. The van der Waals surface area contributed by atoms with E-state index < -0.39 is 18.1 Å². The second kappa shape index (κ2) is 6.56. The zero-order chi connectivity index (χ0) is 12.8. The molecule has 1 unspecified atom stereocenters. The van der Waals surface area contributed by atoms with Crippen molar-refractivity contribution >= 4 is 11.9 Å². The van der Waals surface area contributed by atoms with E-state index in [4.69, 9.17) is 9.84 Å². The Morgan fingerprint density at radius 2 is 2.29 bits per heavy atom. The highest BCUT2D eigenvalue weighted by atomic mass is 16.5. The van der Waals surface area contributed by atoms with E-state index in [-0.39, 0.29) is 11.8 Å². The molecule has 1 fully saturated rings. The number of hydrogen-bond donors (Lipinski definition) is 3. The lowest BCUT2D eigenvalue weighted by Gasteiger charge is -2.26. The van der Waals surface area contributed by atoms with Gasteiger partial charge in [0.15, 0.2) is 0 Å². The van der Waals surface area contributed by atoms with Gasteiger partial charge in [-0.15, -0.1) is 0 Å². The summed E-state index contributed by atoms with van der Waals surface area (Å²) in [6, 6.07) is -0.849. The number of carbonyl (C=O) groups excluding carboxylic acids is 1. The fourth-order valence-corrected chi connectivity index (χ4v) is 1.66. The third-order valence-corrected chi connectivity index (χ3v) is 3.00. The standard InChI is InChI=1S/C11H20N2O4/c1-3-7(2)9(11(15)16)13-10(14)8-6-12-4-5-17-8/h7-9,12H,3-6H2,1-2H3,(H,13,14)(H,15,16)/t7-,8?,9-/m0/s1. The topological polar surface area (TPSA) is 87.7 Å². The third-order valence-electron chi connectivity index (χ3n) is 3.00. The molecule has 0 radical (unpaired) electrons. The van der Waals surface area contributed by atoms with Crippen LogP contribution in [0.2, 0.25) is 0 Å². The summed E-state index contributed by atoms with van der Waals surface area (Å²) >= 11 is 0. The largest absolute Gasteiger partial charge is 0.480 e. The molecule has 17 heavy (non-hydrogen) atoms. The van der Waals surface area contributed by atoms with Crippen molar-refractivity contribution in [3.63, 3.8) is 0 Å². The molecule has 0 aromatic rings. The highest BCUT2D eigenvalue weighted by molar-refractivity contribution is 5.86. The molecule has 1 aliphatic rings. The summed E-state index contributed by atoms with van der Waals surface area (Å²) in [5.74, 6) is -1.46. The van der Waals surface area contributed by atoms with E-state index in [2.05, 4.69) is 10.6 Å². The molecule has 0 aromatic carbocycles. The maximum Gasteiger partial charge on any atom is 0.326 e. The molecule has 1 amide bonds. The van der Waals surface area contributed by atoms with Gasteiger partial charge in [-0.2, -0.15) is 0 Å². The van der Waals surface area contributed by atoms with Crippen LogP contribution in [0.15, 0.2) is 0 Å². The first-order valence-electron chi connectivity index (χ1n) is 5.91. The van der Waals surface area contributed by atoms with Crippen LogP contribution in [-0.2, 0) is 14.3 Å². The van der Waals surface area contributed by atoms with E-state index >= 15 is 0 Å². The van der Waals surface area contributed by atoms with Crippen LogP contribution in [0.5, 0.6) is 0 Å². The van der Waals surface area contributed by atoms with E-state index in [1.54, 1.807) is 6.92 Å². The summed E-state index contributed by atoms with van der Waals surface area (Å²) in [7, 11) is 0. The average molecular weight is 244 g/mol. The highest BCUT2D eigenvalue weighted by Crippen LogP contribution is 2.08. The summed E-state index contributed by atoms with van der Waals surface area (Å²) in [5, 5.41) is 14.6. The molecule has 0 spiro atoms. The van der Waals surface area contributed by atoms with Gasteiger partial charge in [-0.1, -0.05) is 20.3 Å². The van der Waals surface area contributed by atoms with E-state index in [0.717, 1.165) is 6.54 Å². The van der Waals surface area contributed by atoms with Crippen LogP contribution in [0, 0.1) is 5.92 Å². The molecule has 3 N–H and O–H groups in total. The van der Waals surface area contributed by atoms with Gasteiger partial charge >= 0.3 is 5.97 Å². The minimum Gasteiger partial charge on any atom is -0.480 e. The molecule has 0 aliphatic carbocycles. The smallest absolute Gasteiger partial charge is 0.326 e. The lowest BCUT2D eigenvalue weighted by Crippen LogP contribution is -2.53. The second-order valence-electron chi connectivity index (χ2n) is 4.27. The predicted molar refractivity (Wildman–Crippen MR) is 61.6 cm³/mol. The monoisotopic (exact) mass is 244 g/mol. The molecule has 1 rings (SSSR count). The molecule has 3 atom stereocenters. The molecule has 0 bridgehead atoms. The number of carboxylic acid groups (broad SMARTS) is 1. The Balaban J connectivity index is 2.53. The molecule has 1 aliphatic heterocycles. The zero-order valence-corrected chi connectivity index (χ0v) is 10.2. The molecule has 6 heteroatoms. The maximum atomic E-state index is 11.8. The van der Waals surface area contributed by atoms with Gasteiger partial charge in [0.2, 0.25) is 0 Å². The SMILES string of the molecule is CC[C@H](C)[C@H](NC(=O)C1CNCCO1)C(=O)O. The van der Waals surface area contributed by atoms with Crippen molar-refractivity contribution in [1.82, 2.24) is 10.6 Å². The molecular formula is C11H20N2O4. The number of morpholine rings is 1. The predicted octanol–water partition coefficient (Wildman–Crippen LogP) is -0.410. The highest BCUT2D eigenvalue weighted by Gasteiger charge is 2.29. The van der Waals surface area contributed by atoms with Gasteiger partial charge in [-0.25, -0.2) is 4.79 Å². The summed E-state index contributed by atoms with van der Waals surface area (Å²) in [4.78, 5) is 22.8. The van der Waals surface area contributed by atoms with Crippen molar-refractivity contribution in [3.8, 4) is 0 Å². The second-order valence-corrected chi connectivity index (χ2v) is 4.27. The number of carbonyl (C=O) groups is 2. The maximum absolute atomic E-state index is 11.8. The van der Waals surface area contributed by atoms with Gasteiger partial charge < -0.3 is 20.5 Å². The number of rotatable bonds is 5. The number of hydrogen-bond acceptors (Lipinski definition) is 4. The normalized spacial score (nSPS) is 23.8. The fraction of sp³-hybridized carbons (Fsp3) is 0.818. The van der Waals surface area contributed by atoms with Crippen LogP contribution in [0.1, 0.15) is 20.3 Å². The van der Waals surface area contributed by atoms with E-state index in [1.165, 1.54) is 0 Å². The van der Waals surface area contributed by atoms with Crippen LogP contribution in [0.4, 0.5) is 0 Å². The Labute approximate surface area is 101 Å². The van der Waals surface area contributed by atoms with E-state index in [9.17, 15) is 9.59 Å². The summed E-state index contributed by atoms with van der Waals surface area (Å²) in [6.07, 6.45) is 0.107. The number of carboxylic acids is 1. The fourth-order valence-electron chi connectivity index (χ4n) is 1.66. The van der Waals surface area contributed by atoms with Crippen LogP contribution >= 0.6 is 0 Å². The summed E-state index contributed by atoms with van der Waals surface area (Å²) in [5.41, 5.74) is 0.